The molecule has 4 heteroatoms. The van der Waals surface area contributed by atoms with E-state index in [0.717, 1.165) is 51.1 Å². The monoisotopic (exact) mass is 578 g/mol. The molecule has 4 aromatic carbocycles. The molecule has 4 saturated carbocycles. The SMILES string of the molecule is CC1(C)OB(c2ccc3c(c2)oc2ccc(-c4ccc5c(c4)C4(c6ccccc6-5)C5CC6CC(C5)CC4C6)cc23)OC1(C)C. The molecule has 2 heterocycles. The lowest BCUT2D eigenvalue weighted by molar-refractivity contribution is -0.0399. The highest BCUT2D eigenvalue weighted by atomic mass is 16.7. The van der Waals surface area contributed by atoms with Gasteiger partial charge in [-0.05, 0) is 147 Å². The van der Waals surface area contributed by atoms with E-state index in [4.69, 9.17) is 13.7 Å². The summed E-state index contributed by atoms with van der Waals surface area (Å²) in [5.74, 6) is 3.44. The van der Waals surface area contributed by atoms with Crippen LogP contribution in [0, 0.1) is 23.7 Å². The lowest BCUT2D eigenvalue weighted by Gasteiger charge is -2.61. The number of hydrogen-bond donors (Lipinski definition) is 0. The van der Waals surface area contributed by atoms with Gasteiger partial charge in [0, 0.05) is 16.2 Å². The summed E-state index contributed by atoms with van der Waals surface area (Å²) in [6, 6.07) is 29.9. The van der Waals surface area contributed by atoms with E-state index in [2.05, 4.69) is 107 Å². The molecule has 5 aromatic rings. The van der Waals surface area contributed by atoms with Crippen molar-refractivity contribution in [2.24, 2.45) is 23.7 Å². The summed E-state index contributed by atoms with van der Waals surface area (Å²) in [6.07, 6.45) is 7.12. The number of furan rings is 1. The van der Waals surface area contributed by atoms with Gasteiger partial charge < -0.3 is 13.7 Å². The molecule has 5 aliphatic carbocycles. The van der Waals surface area contributed by atoms with Crippen molar-refractivity contribution < 1.29 is 13.7 Å². The third-order valence-electron chi connectivity index (χ3n) is 12.9. The van der Waals surface area contributed by atoms with Crippen LogP contribution in [0.3, 0.4) is 0 Å². The molecule has 44 heavy (non-hydrogen) atoms. The normalized spacial score (nSPS) is 30.5. The number of rotatable bonds is 2. The van der Waals surface area contributed by atoms with E-state index in [9.17, 15) is 0 Å². The molecule has 6 aliphatic rings. The molecule has 11 rings (SSSR count). The zero-order valence-electron chi connectivity index (χ0n) is 26.2. The first-order valence-corrected chi connectivity index (χ1v) is 16.8. The van der Waals surface area contributed by atoms with Gasteiger partial charge in [0.1, 0.15) is 11.2 Å². The summed E-state index contributed by atoms with van der Waals surface area (Å²) < 4.78 is 19.1. The molecule has 4 bridgehead atoms. The molecule has 1 aromatic heterocycles. The largest absolute Gasteiger partial charge is 0.494 e. The van der Waals surface area contributed by atoms with Gasteiger partial charge in [0.2, 0.25) is 0 Å². The van der Waals surface area contributed by atoms with Crippen LogP contribution in [0.25, 0.3) is 44.2 Å². The van der Waals surface area contributed by atoms with Gasteiger partial charge >= 0.3 is 7.12 Å². The second kappa shape index (κ2) is 8.47. The molecular weight excluding hydrogens is 539 g/mol. The summed E-state index contributed by atoms with van der Waals surface area (Å²) >= 11 is 0. The van der Waals surface area contributed by atoms with Crippen molar-refractivity contribution in [2.75, 3.05) is 0 Å². The van der Waals surface area contributed by atoms with Gasteiger partial charge in [0.05, 0.1) is 11.2 Å². The molecule has 0 atom stereocenters. The fourth-order valence-corrected chi connectivity index (χ4v) is 10.4. The minimum atomic E-state index is -0.402. The van der Waals surface area contributed by atoms with E-state index in [1.54, 1.807) is 11.1 Å². The van der Waals surface area contributed by atoms with Gasteiger partial charge in [-0.25, -0.2) is 0 Å². The topological polar surface area (TPSA) is 31.6 Å². The van der Waals surface area contributed by atoms with Crippen molar-refractivity contribution in [3.05, 3.63) is 90.0 Å². The van der Waals surface area contributed by atoms with Crippen LogP contribution < -0.4 is 5.46 Å². The van der Waals surface area contributed by atoms with Gasteiger partial charge in [-0.3, -0.25) is 0 Å². The predicted molar refractivity (Wildman–Crippen MR) is 178 cm³/mol. The van der Waals surface area contributed by atoms with Gasteiger partial charge in [0.25, 0.3) is 0 Å². The van der Waals surface area contributed by atoms with Crippen LogP contribution >= 0.6 is 0 Å². The van der Waals surface area contributed by atoms with Gasteiger partial charge in [0.15, 0.2) is 0 Å². The predicted octanol–water partition coefficient (Wildman–Crippen LogP) is 9.27. The molecule has 1 aliphatic heterocycles. The highest BCUT2D eigenvalue weighted by Gasteiger charge is 2.61. The number of fused-ring (bicyclic) bond motifs is 6. The zero-order valence-corrected chi connectivity index (χ0v) is 26.2. The molecule has 3 nitrogen and oxygen atoms in total. The molecule has 0 radical (unpaired) electrons. The second-order valence-electron chi connectivity index (χ2n) is 15.6. The maximum atomic E-state index is 6.41. The van der Waals surface area contributed by atoms with E-state index in [1.807, 2.05) is 0 Å². The molecular formula is C40H39BO3. The number of hydrogen-bond acceptors (Lipinski definition) is 3. The Balaban J connectivity index is 1.07. The van der Waals surface area contributed by atoms with Gasteiger partial charge in [-0.2, -0.15) is 0 Å². The van der Waals surface area contributed by atoms with E-state index < -0.39 is 7.12 Å². The van der Waals surface area contributed by atoms with Crippen molar-refractivity contribution in [3.63, 3.8) is 0 Å². The molecule has 5 fully saturated rings. The Kier molecular flexibility index (Phi) is 4.99. The first-order valence-electron chi connectivity index (χ1n) is 16.8. The maximum Gasteiger partial charge on any atom is 0.494 e. The van der Waals surface area contributed by atoms with E-state index in [-0.39, 0.29) is 16.6 Å². The minimum Gasteiger partial charge on any atom is -0.456 e. The Labute approximate surface area is 260 Å². The van der Waals surface area contributed by atoms with Crippen molar-refractivity contribution in [3.8, 4) is 22.3 Å². The van der Waals surface area contributed by atoms with E-state index in [1.165, 1.54) is 54.4 Å². The van der Waals surface area contributed by atoms with Gasteiger partial charge in [-0.15, -0.1) is 0 Å². The average molecular weight is 579 g/mol. The Morgan fingerprint density at radius 2 is 1.25 bits per heavy atom. The van der Waals surface area contributed by atoms with Crippen LogP contribution in [0.1, 0.15) is 70.9 Å². The zero-order chi connectivity index (χ0) is 29.6. The average Bonchev–Trinajstić information content (AvgIpc) is 3.59. The van der Waals surface area contributed by atoms with Crippen molar-refractivity contribution in [2.45, 2.75) is 76.4 Å². The lowest BCUT2D eigenvalue weighted by atomic mass is 9.43. The highest BCUT2D eigenvalue weighted by molar-refractivity contribution is 6.62. The third-order valence-corrected chi connectivity index (χ3v) is 12.9. The van der Waals surface area contributed by atoms with Crippen LogP contribution in [0.2, 0.25) is 0 Å². The smallest absolute Gasteiger partial charge is 0.456 e. The van der Waals surface area contributed by atoms with E-state index >= 15 is 0 Å². The van der Waals surface area contributed by atoms with Crippen molar-refractivity contribution in [1.29, 1.82) is 0 Å². The summed E-state index contributed by atoms with van der Waals surface area (Å²) in [7, 11) is -0.402. The summed E-state index contributed by atoms with van der Waals surface area (Å²) in [4.78, 5) is 0. The first-order chi connectivity index (χ1) is 21.2. The second-order valence-corrected chi connectivity index (χ2v) is 15.6. The quantitative estimate of drug-likeness (QED) is 0.196. The summed E-state index contributed by atoms with van der Waals surface area (Å²) in [5.41, 5.74) is 11.0. The Morgan fingerprint density at radius 3 is 2.00 bits per heavy atom. The van der Waals surface area contributed by atoms with Crippen molar-refractivity contribution in [1.82, 2.24) is 0 Å². The summed E-state index contributed by atoms with van der Waals surface area (Å²) in [6.45, 7) is 8.38. The van der Waals surface area contributed by atoms with Crippen LogP contribution in [-0.2, 0) is 14.7 Å². The minimum absolute atomic E-state index is 0.186. The fourth-order valence-electron chi connectivity index (χ4n) is 10.4. The Morgan fingerprint density at radius 1 is 0.591 bits per heavy atom. The Hall–Kier alpha value is -3.34. The molecule has 1 spiro atoms. The summed E-state index contributed by atoms with van der Waals surface area (Å²) in [5, 5.41) is 2.29. The van der Waals surface area contributed by atoms with Crippen LogP contribution in [0.15, 0.2) is 83.3 Å². The van der Waals surface area contributed by atoms with Crippen LogP contribution in [0.5, 0.6) is 0 Å². The molecule has 220 valence electrons. The van der Waals surface area contributed by atoms with Gasteiger partial charge in [-0.1, -0.05) is 54.6 Å². The highest BCUT2D eigenvalue weighted by Crippen LogP contribution is 2.69. The van der Waals surface area contributed by atoms with Crippen LogP contribution in [0.4, 0.5) is 0 Å². The Bertz CT molecular complexity index is 1970. The first kappa shape index (κ1) is 25.9. The third kappa shape index (κ3) is 3.26. The van der Waals surface area contributed by atoms with Crippen molar-refractivity contribution >= 4 is 34.5 Å². The maximum absolute atomic E-state index is 6.41. The molecule has 0 N–H and O–H groups in total. The fraction of sp³-hybridized carbons (Fsp3) is 0.400. The van der Waals surface area contributed by atoms with Crippen LogP contribution in [-0.4, -0.2) is 18.3 Å². The standard InChI is InChI=1S/C40H39BO3/c1-38(2)39(3,4)44-41(43-38)29-11-13-32-33-20-25(10-14-36(33)42-37(32)22-29)26-9-12-31-30-7-5-6-8-34(30)40(35(31)21-26)27-16-23-15-24(18-27)19-28(40)17-23/h5-14,20-24,27-28H,15-19H2,1-4H3. The molecule has 1 saturated heterocycles. The van der Waals surface area contributed by atoms with E-state index in [0.29, 0.717) is 0 Å². The molecule has 0 unspecified atom stereocenters. The lowest BCUT2D eigenvalue weighted by Crippen LogP contribution is -2.55. The number of benzene rings is 4. The molecule has 0 amide bonds.